The highest BCUT2D eigenvalue weighted by molar-refractivity contribution is 7.12. The van der Waals surface area contributed by atoms with Crippen molar-refractivity contribution in [3.63, 3.8) is 0 Å². The van der Waals surface area contributed by atoms with E-state index in [9.17, 15) is 9.59 Å². The smallest absolute Gasteiger partial charge is 0.337 e. The molecule has 0 bridgehead atoms. The lowest BCUT2D eigenvalue weighted by molar-refractivity contribution is 0.0698. The van der Waals surface area contributed by atoms with Gasteiger partial charge in [-0.25, -0.2) is 4.79 Å². The van der Waals surface area contributed by atoms with Crippen LogP contribution in [0.5, 0.6) is 5.75 Å². The number of anilines is 1. The maximum Gasteiger partial charge on any atom is 0.337 e. The molecular formula is C13H10ClNO4S. The first kappa shape index (κ1) is 14.4. The van der Waals surface area contributed by atoms with E-state index in [2.05, 4.69) is 5.32 Å². The minimum atomic E-state index is -1.17. The number of carbonyl (C=O) groups excluding carboxylic acids is 1. The molecule has 0 fully saturated rings. The van der Waals surface area contributed by atoms with E-state index in [1.807, 2.05) is 0 Å². The highest BCUT2D eigenvalue weighted by Crippen LogP contribution is 2.29. The van der Waals surface area contributed by atoms with E-state index in [1.165, 1.54) is 36.6 Å². The third-order valence-corrected chi connectivity index (χ3v) is 3.75. The number of ether oxygens (including phenoxy) is 1. The SMILES string of the molecule is COc1ccsc1C(=O)Nc1c(Cl)cccc1C(=O)O. The van der Waals surface area contributed by atoms with E-state index < -0.39 is 11.9 Å². The van der Waals surface area contributed by atoms with E-state index in [0.717, 1.165) is 0 Å². The first-order chi connectivity index (χ1) is 9.54. The van der Waals surface area contributed by atoms with Gasteiger partial charge < -0.3 is 15.2 Å². The van der Waals surface area contributed by atoms with Crippen molar-refractivity contribution in [3.8, 4) is 5.75 Å². The lowest BCUT2D eigenvalue weighted by atomic mass is 10.1. The molecule has 0 saturated heterocycles. The number of amides is 1. The number of hydrogen-bond donors (Lipinski definition) is 2. The summed E-state index contributed by atoms with van der Waals surface area (Å²) in [6.45, 7) is 0. The molecule has 5 nitrogen and oxygen atoms in total. The quantitative estimate of drug-likeness (QED) is 0.907. The van der Waals surface area contributed by atoms with Crippen LogP contribution in [-0.4, -0.2) is 24.1 Å². The minimum absolute atomic E-state index is 0.0682. The van der Waals surface area contributed by atoms with Crippen molar-refractivity contribution < 1.29 is 19.4 Å². The Balaban J connectivity index is 2.35. The number of hydrogen-bond acceptors (Lipinski definition) is 4. The Labute approximate surface area is 123 Å². The van der Waals surface area contributed by atoms with E-state index in [4.69, 9.17) is 21.4 Å². The highest BCUT2D eigenvalue weighted by atomic mass is 35.5. The summed E-state index contributed by atoms with van der Waals surface area (Å²) in [6, 6.07) is 6.04. The van der Waals surface area contributed by atoms with Crippen LogP contribution in [0.1, 0.15) is 20.0 Å². The van der Waals surface area contributed by atoms with Gasteiger partial charge in [0.05, 0.1) is 23.4 Å². The van der Waals surface area contributed by atoms with Crippen molar-refractivity contribution in [2.75, 3.05) is 12.4 Å². The summed E-state index contributed by atoms with van der Waals surface area (Å²) in [4.78, 5) is 23.6. The minimum Gasteiger partial charge on any atom is -0.495 e. The zero-order valence-electron chi connectivity index (χ0n) is 10.3. The van der Waals surface area contributed by atoms with Gasteiger partial charge in [-0.05, 0) is 23.6 Å². The molecule has 2 rings (SSSR count). The third-order valence-electron chi connectivity index (χ3n) is 2.54. The standard InChI is InChI=1S/C13H10ClNO4S/c1-19-9-5-6-20-11(9)12(16)15-10-7(13(17)18)3-2-4-8(10)14/h2-6H,1H3,(H,15,16)(H,17,18). The van der Waals surface area contributed by atoms with Crippen LogP contribution in [-0.2, 0) is 0 Å². The van der Waals surface area contributed by atoms with Crippen LogP contribution in [0.4, 0.5) is 5.69 Å². The molecule has 1 aromatic carbocycles. The first-order valence-corrected chi connectivity index (χ1v) is 6.75. The zero-order chi connectivity index (χ0) is 14.7. The molecular weight excluding hydrogens is 302 g/mol. The number of carbonyl (C=O) groups is 2. The van der Waals surface area contributed by atoms with Gasteiger partial charge in [-0.1, -0.05) is 17.7 Å². The Kier molecular flexibility index (Phi) is 4.26. The number of thiophene rings is 1. The lowest BCUT2D eigenvalue weighted by Crippen LogP contribution is -2.14. The number of carboxylic acids is 1. The maximum absolute atomic E-state index is 12.1. The van der Waals surface area contributed by atoms with Gasteiger partial charge in [-0.2, -0.15) is 0 Å². The number of carboxylic acid groups (broad SMARTS) is 1. The fraction of sp³-hybridized carbons (Fsp3) is 0.0769. The molecule has 0 atom stereocenters. The van der Waals surface area contributed by atoms with Crippen molar-refractivity contribution in [1.82, 2.24) is 0 Å². The van der Waals surface area contributed by atoms with E-state index in [0.29, 0.717) is 10.6 Å². The average Bonchev–Trinajstić information content (AvgIpc) is 2.89. The van der Waals surface area contributed by atoms with Crippen LogP contribution in [0.25, 0.3) is 0 Å². The Hall–Kier alpha value is -2.05. The topological polar surface area (TPSA) is 75.6 Å². The predicted octanol–water partition coefficient (Wildman–Crippen LogP) is 3.36. The fourth-order valence-electron chi connectivity index (χ4n) is 1.62. The molecule has 7 heteroatoms. The van der Waals surface area contributed by atoms with E-state index in [1.54, 1.807) is 11.4 Å². The van der Waals surface area contributed by atoms with Crippen molar-refractivity contribution in [1.29, 1.82) is 0 Å². The Morgan fingerprint density at radius 3 is 2.75 bits per heavy atom. The van der Waals surface area contributed by atoms with E-state index >= 15 is 0 Å². The number of nitrogens with one attached hydrogen (secondary N) is 1. The van der Waals surface area contributed by atoms with Crippen LogP contribution in [0.15, 0.2) is 29.6 Å². The molecule has 0 aliphatic rings. The molecule has 0 radical (unpaired) electrons. The molecule has 0 spiro atoms. The number of benzene rings is 1. The molecule has 1 aromatic heterocycles. The van der Waals surface area contributed by atoms with Gasteiger partial charge in [-0.15, -0.1) is 11.3 Å². The molecule has 104 valence electrons. The van der Waals surface area contributed by atoms with Crippen molar-refractivity contribution in [2.45, 2.75) is 0 Å². The summed E-state index contributed by atoms with van der Waals surface area (Å²) in [6.07, 6.45) is 0. The van der Waals surface area contributed by atoms with Crippen LogP contribution < -0.4 is 10.1 Å². The van der Waals surface area contributed by atoms with Gasteiger partial charge in [0.1, 0.15) is 10.6 Å². The number of halogens is 1. The van der Waals surface area contributed by atoms with Crippen LogP contribution in [0.2, 0.25) is 5.02 Å². The molecule has 0 unspecified atom stereocenters. The van der Waals surface area contributed by atoms with Crippen molar-refractivity contribution >= 4 is 40.5 Å². The van der Waals surface area contributed by atoms with Crippen LogP contribution in [0.3, 0.4) is 0 Å². The highest BCUT2D eigenvalue weighted by Gasteiger charge is 2.19. The Bertz CT molecular complexity index is 668. The summed E-state index contributed by atoms with van der Waals surface area (Å²) < 4.78 is 5.05. The van der Waals surface area contributed by atoms with Gasteiger partial charge in [0.25, 0.3) is 5.91 Å². The van der Waals surface area contributed by atoms with Gasteiger partial charge in [0.15, 0.2) is 0 Å². The molecule has 0 aliphatic carbocycles. The second-order valence-electron chi connectivity index (χ2n) is 3.74. The Morgan fingerprint density at radius 2 is 2.10 bits per heavy atom. The predicted molar refractivity (Wildman–Crippen MR) is 77.2 cm³/mol. The van der Waals surface area contributed by atoms with Crippen molar-refractivity contribution in [2.24, 2.45) is 0 Å². The molecule has 2 N–H and O–H groups in total. The third kappa shape index (κ3) is 2.76. The van der Waals surface area contributed by atoms with Gasteiger partial charge >= 0.3 is 5.97 Å². The normalized spacial score (nSPS) is 10.1. The van der Waals surface area contributed by atoms with Gasteiger partial charge in [-0.3, -0.25) is 4.79 Å². The molecule has 0 aliphatic heterocycles. The van der Waals surface area contributed by atoms with E-state index in [-0.39, 0.29) is 16.3 Å². The second-order valence-corrected chi connectivity index (χ2v) is 5.06. The number of rotatable bonds is 4. The van der Waals surface area contributed by atoms with Gasteiger partial charge in [0.2, 0.25) is 0 Å². The second kappa shape index (κ2) is 5.94. The fourth-order valence-corrected chi connectivity index (χ4v) is 2.60. The Morgan fingerprint density at radius 1 is 1.35 bits per heavy atom. The summed E-state index contributed by atoms with van der Waals surface area (Å²) in [5, 5.41) is 13.5. The zero-order valence-corrected chi connectivity index (χ0v) is 11.9. The molecule has 20 heavy (non-hydrogen) atoms. The van der Waals surface area contributed by atoms with Crippen LogP contribution in [0, 0.1) is 0 Å². The summed E-state index contributed by atoms with van der Waals surface area (Å²) in [5.41, 5.74) is 0.00323. The largest absolute Gasteiger partial charge is 0.495 e. The molecule has 0 saturated carbocycles. The average molecular weight is 312 g/mol. The number of methoxy groups -OCH3 is 1. The lowest BCUT2D eigenvalue weighted by Gasteiger charge is -2.10. The van der Waals surface area contributed by atoms with Crippen LogP contribution >= 0.6 is 22.9 Å². The number of aromatic carboxylic acids is 1. The molecule has 2 aromatic rings. The maximum atomic E-state index is 12.1. The summed E-state index contributed by atoms with van der Waals surface area (Å²) in [5.74, 6) is -1.20. The molecule has 1 amide bonds. The summed E-state index contributed by atoms with van der Waals surface area (Å²) >= 11 is 7.14. The first-order valence-electron chi connectivity index (χ1n) is 5.49. The monoisotopic (exact) mass is 311 g/mol. The molecule has 1 heterocycles. The van der Waals surface area contributed by atoms with Crippen molar-refractivity contribution in [3.05, 3.63) is 45.1 Å². The van der Waals surface area contributed by atoms with Gasteiger partial charge in [0, 0.05) is 0 Å². The number of para-hydroxylation sites is 1. The summed E-state index contributed by atoms with van der Waals surface area (Å²) in [7, 11) is 1.46.